The van der Waals surface area contributed by atoms with Crippen molar-refractivity contribution in [1.29, 1.82) is 0 Å². The largest absolute Gasteiger partial charge is 0.508 e. The highest BCUT2D eigenvalue weighted by Gasteiger charge is 2.21. The summed E-state index contributed by atoms with van der Waals surface area (Å²) in [6.07, 6.45) is 0.297. The molecule has 0 saturated carbocycles. The molecule has 2 aromatic carbocycles. The number of hydrogen-bond donors (Lipinski definition) is 2. The lowest BCUT2D eigenvalue weighted by Crippen LogP contribution is -2.14. The molecule has 1 unspecified atom stereocenters. The van der Waals surface area contributed by atoms with Crippen molar-refractivity contribution in [2.24, 2.45) is 0 Å². The van der Waals surface area contributed by atoms with Crippen LogP contribution in [0.15, 0.2) is 42.5 Å². The van der Waals surface area contributed by atoms with Crippen molar-refractivity contribution >= 4 is 5.97 Å². The highest BCUT2D eigenvalue weighted by molar-refractivity contribution is 5.76. The van der Waals surface area contributed by atoms with E-state index in [9.17, 15) is 15.0 Å². The lowest BCUT2D eigenvalue weighted by atomic mass is 9.92. The molecule has 0 aliphatic heterocycles. The first-order valence-electron chi connectivity index (χ1n) is 7.95. The van der Waals surface area contributed by atoms with Crippen LogP contribution in [-0.2, 0) is 11.2 Å². The fourth-order valence-electron chi connectivity index (χ4n) is 2.55. The van der Waals surface area contributed by atoms with Gasteiger partial charge in [-0.25, -0.2) is 0 Å². The SMILES string of the molecule is CCOc1ccc(CC(C(=O)O)c2cccc(O)c2)cc1OCC. The minimum absolute atomic E-state index is 0.0560. The number of rotatable bonds is 8. The minimum Gasteiger partial charge on any atom is -0.508 e. The van der Waals surface area contributed by atoms with Crippen molar-refractivity contribution in [3.8, 4) is 17.2 Å². The first kappa shape index (κ1) is 17.7. The molecular formula is C19H22O5. The van der Waals surface area contributed by atoms with Crippen LogP contribution in [0.2, 0.25) is 0 Å². The Labute approximate surface area is 141 Å². The predicted octanol–water partition coefficient (Wildman–Crippen LogP) is 3.60. The molecule has 1 atom stereocenters. The van der Waals surface area contributed by atoms with E-state index in [1.165, 1.54) is 12.1 Å². The second kappa shape index (κ2) is 8.24. The van der Waals surface area contributed by atoms with Gasteiger partial charge in [0.25, 0.3) is 0 Å². The van der Waals surface area contributed by atoms with E-state index in [0.717, 1.165) is 5.56 Å². The minimum atomic E-state index is -0.938. The standard InChI is InChI=1S/C19H22O5/c1-3-23-17-9-8-13(11-18(17)24-4-2)10-16(19(21)22)14-6-5-7-15(20)12-14/h5-9,11-12,16,20H,3-4,10H2,1-2H3,(H,21,22). The molecule has 0 radical (unpaired) electrons. The van der Waals surface area contributed by atoms with Crippen molar-refractivity contribution in [3.05, 3.63) is 53.6 Å². The summed E-state index contributed by atoms with van der Waals surface area (Å²) in [4.78, 5) is 11.7. The van der Waals surface area contributed by atoms with Crippen molar-refractivity contribution in [2.45, 2.75) is 26.2 Å². The topological polar surface area (TPSA) is 76.0 Å². The molecule has 128 valence electrons. The summed E-state index contributed by atoms with van der Waals surface area (Å²) in [6.45, 7) is 4.81. The third-order valence-electron chi connectivity index (χ3n) is 3.62. The Bertz CT molecular complexity index is 696. The van der Waals surface area contributed by atoms with Gasteiger partial charge in [-0.15, -0.1) is 0 Å². The summed E-state index contributed by atoms with van der Waals surface area (Å²) in [5, 5.41) is 19.1. The van der Waals surface area contributed by atoms with Gasteiger partial charge in [0.15, 0.2) is 11.5 Å². The summed E-state index contributed by atoms with van der Waals surface area (Å²) in [7, 11) is 0. The highest BCUT2D eigenvalue weighted by Crippen LogP contribution is 2.31. The number of phenols is 1. The second-order valence-corrected chi connectivity index (χ2v) is 5.34. The van der Waals surface area contributed by atoms with E-state index in [4.69, 9.17) is 9.47 Å². The van der Waals surface area contributed by atoms with E-state index < -0.39 is 11.9 Å². The Hall–Kier alpha value is -2.69. The number of carbonyl (C=O) groups is 1. The van der Waals surface area contributed by atoms with Gasteiger partial charge in [0.05, 0.1) is 19.1 Å². The normalized spacial score (nSPS) is 11.8. The van der Waals surface area contributed by atoms with E-state index in [1.54, 1.807) is 18.2 Å². The average molecular weight is 330 g/mol. The average Bonchev–Trinajstić information content (AvgIpc) is 2.55. The smallest absolute Gasteiger partial charge is 0.311 e. The van der Waals surface area contributed by atoms with E-state index in [-0.39, 0.29) is 5.75 Å². The van der Waals surface area contributed by atoms with Gasteiger partial charge in [-0.3, -0.25) is 4.79 Å². The molecule has 2 aromatic rings. The molecule has 2 rings (SSSR count). The van der Waals surface area contributed by atoms with Crippen LogP contribution in [0.1, 0.15) is 30.9 Å². The maximum atomic E-state index is 11.7. The van der Waals surface area contributed by atoms with Crippen molar-refractivity contribution < 1.29 is 24.5 Å². The molecule has 0 aromatic heterocycles. The molecule has 24 heavy (non-hydrogen) atoms. The summed E-state index contributed by atoms with van der Waals surface area (Å²) in [5.41, 5.74) is 1.40. The summed E-state index contributed by atoms with van der Waals surface area (Å²) < 4.78 is 11.1. The molecule has 0 aliphatic rings. The van der Waals surface area contributed by atoms with Crippen LogP contribution in [0, 0.1) is 0 Å². The number of aromatic hydroxyl groups is 1. The fourth-order valence-corrected chi connectivity index (χ4v) is 2.55. The number of ether oxygens (including phenoxy) is 2. The number of phenolic OH excluding ortho intramolecular Hbond substituents is 1. The zero-order valence-corrected chi connectivity index (χ0v) is 13.9. The number of hydrogen-bond acceptors (Lipinski definition) is 4. The quantitative estimate of drug-likeness (QED) is 0.773. The maximum Gasteiger partial charge on any atom is 0.311 e. The first-order chi connectivity index (χ1) is 11.5. The van der Waals surface area contributed by atoms with E-state index >= 15 is 0 Å². The third-order valence-corrected chi connectivity index (χ3v) is 3.62. The number of aliphatic carboxylic acids is 1. The van der Waals surface area contributed by atoms with Crippen LogP contribution in [-0.4, -0.2) is 29.4 Å². The highest BCUT2D eigenvalue weighted by atomic mass is 16.5. The molecular weight excluding hydrogens is 308 g/mol. The Morgan fingerprint density at radius 2 is 1.75 bits per heavy atom. The van der Waals surface area contributed by atoms with Crippen molar-refractivity contribution in [3.63, 3.8) is 0 Å². The maximum absolute atomic E-state index is 11.7. The monoisotopic (exact) mass is 330 g/mol. The molecule has 0 heterocycles. The summed E-state index contributed by atoms with van der Waals surface area (Å²) in [5.74, 6) is -0.373. The molecule has 0 amide bonds. The zero-order valence-electron chi connectivity index (χ0n) is 13.9. The van der Waals surface area contributed by atoms with Crippen LogP contribution in [0.5, 0.6) is 17.2 Å². The predicted molar refractivity (Wildman–Crippen MR) is 91.0 cm³/mol. The van der Waals surface area contributed by atoms with Gasteiger partial charge in [-0.2, -0.15) is 0 Å². The molecule has 0 aliphatic carbocycles. The summed E-state index contributed by atoms with van der Waals surface area (Å²) >= 11 is 0. The van der Waals surface area contributed by atoms with Crippen LogP contribution >= 0.6 is 0 Å². The Morgan fingerprint density at radius 3 is 2.38 bits per heavy atom. The van der Waals surface area contributed by atoms with Crippen molar-refractivity contribution in [1.82, 2.24) is 0 Å². The van der Waals surface area contributed by atoms with Gasteiger partial charge in [-0.1, -0.05) is 18.2 Å². The molecule has 0 fully saturated rings. The molecule has 0 bridgehead atoms. The third kappa shape index (κ3) is 4.41. The van der Waals surface area contributed by atoms with Crippen molar-refractivity contribution in [2.75, 3.05) is 13.2 Å². The van der Waals surface area contributed by atoms with Gasteiger partial charge < -0.3 is 19.7 Å². The van der Waals surface area contributed by atoms with Crippen LogP contribution < -0.4 is 9.47 Å². The molecule has 5 nitrogen and oxygen atoms in total. The second-order valence-electron chi connectivity index (χ2n) is 5.34. The van der Waals surface area contributed by atoms with Gasteiger partial charge in [0.2, 0.25) is 0 Å². The van der Waals surface area contributed by atoms with Crippen LogP contribution in [0.25, 0.3) is 0 Å². The zero-order chi connectivity index (χ0) is 17.5. The van der Waals surface area contributed by atoms with E-state index in [2.05, 4.69) is 0 Å². The lowest BCUT2D eigenvalue weighted by molar-refractivity contribution is -0.138. The van der Waals surface area contributed by atoms with E-state index in [1.807, 2.05) is 26.0 Å². The number of carboxylic acid groups (broad SMARTS) is 1. The van der Waals surface area contributed by atoms with Gasteiger partial charge >= 0.3 is 5.97 Å². The van der Waals surface area contributed by atoms with E-state index in [0.29, 0.717) is 36.7 Å². The van der Waals surface area contributed by atoms with Gasteiger partial charge in [-0.05, 0) is 55.7 Å². The Morgan fingerprint density at radius 1 is 1.04 bits per heavy atom. The first-order valence-corrected chi connectivity index (χ1v) is 7.95. The summed E-state index contributed by atoms with van der Waals surface area (Å²) in [6, 6.07) is 11.8. The Balaban J connectivity index is 2.29. The van der Waals surface area contributed by atoms with Crippen LogP contribution in [0.3, 0.4) is 0 Å². The lowest BCUT2D eigenvalue weighted by Gasteiger charge is -2.16. The molecule has 2 N–H and O–H groups in total. The van der Waals surface area contributed by atoms with Gasteiger partial charge in [0.1, 0.15) is 5.75 Å². The molecule has 0 spiro atoms. The van der Waals surface area contributed by atoms with Crippen LogP contribution in [0.4, 0.5) is 0 Å². The fraction of sp³-hybridized carbons (Fsp3) is 0.316. The molecule has 5 heteroatoms. The Kier molecular flexibility index (Phi) is 6.07. The number of benzene rings is 2. The number of carboxylic acids is 1. The molecule has 0 saturated heterocycles. The van der Waals surface area contributed by atoms with Gasteiger partial charge in [0, 0.05) is 0 Å².